The zero-order valence-corrected chi connectivity index (χ0v) is 16.3. The molecule has 3 nitrogen and oxygen atoms in total. The van der Waals surface area contributed by atoms with Crippen LogP contribution in [0.4, 0.5) is 4.39 Å². The van der Waals surface area contributed by atoms with Crippen molar-refractivity contribution in [3.8, 4) is 11.4 Å². The van der Waals surface area contributed by atoms with E-state index >= 15 is 0 Å². The Bertz CT molecular complexity index is 1210. The Morgan fingerprint density at radius 2 is 1.79 bits per heavy atom. The molecule has 4 heteroatoms. The maximum Gasteiger partial charge on any atom is 0.152 e. The van der Waals surface area contributed by atoms with Crippen LogP contribution in [-0.4, -0.2) is 15.3 Å². The average Bonchev–Trinajstić information content (AvgIpc) is 3.12. The third-order valence-electron chi connectivity index (χ3n) is 4.99. The number of ketones is 1. The number of carbonyl (C=O) groups excluding carboxylic acids is 1. The van der Waals surface area contributed by atoms with Crippen LogP contribution in [0.15, 0.2) is 78.9 Å². The number of allylic oxidation sites excluding steroid dienone is 1. The molecule has 1 aromatic heterocycles. The Morgan fingerprint density at radius 3 is 2.55 bits per heavy atom. The van der Waals surface area contributed by atoms with E-state index in [9.17, 15) is 9.18 Å². The summed E-state index contributed by atoms with van der Waals surface area (Å²) in [4.78, 5) is 16.2. The van der Waals surface area contributed by atoms with Crippen LogP contribution in [0.3, 0.4) is 0 Å². The molecule has 0 aliphatic heterocycles. The lowest BCUT2D eigenvalue weighted by Gasteiger charge is -2.18. The van der Waals surface area contributed by atoms with Crippen LogP contribution in [0.2, 0.25) is 0 Å². The van der Waals surface area contributed by atoms with Gasteiger partial charge in [0.1, 0.15) is 11.6 Å². The summed E-state index contributed by atoms with van der Waals surface area (Å²) in [5, 5.41) is 0. The third-order valence-corrected chi connectivity index (χ3v) is 4.99. The molecule has 3 aromatic carbocycles. The van der Waals surface area contributed by atoms with E-state index in [1.165, 1.54) is 19.1 Å². The molecule has 4 rings (SSSR count). The molecule has 0 saturated heterocycles. The van der Waals surface area contributed by atoms with Crippen LogP contribution < -0.4 is 0 Å². The van der Waals surface area contributed by atoms with Gasteiger partial charge in [0, 0.05) is 5.56 Å². The van der Waals surface area contributed by atoms with Crippen molar-refractivity contribution in [1.82, 2.24) is 9.55 Å². The number of hydrogen-bond acceptors (Lipinski definition) is 2. The molecule has 0 aliphatic carbocycles. The fourth-order valence-electron chi connectivity index (χ4n) is 3.53. The van der Waals surface area contributed by atoms with Crippen LogP contribution in [0, 0.1) is 5.82 Å². The molecular formula is C25H21FN2O. The molecule has 0 fully saturated rings. The van der Waals surface area contributed by atoms with E-state index in [1.54, 1.807) is 6.08 Å². The van der Waals surface area contributed by atoms with E-state index < -0.39 is 0 Å². The first-order chi connectivity index (χ1) is 14.0. The predicted octanol–water partition coefficient (Wildman–Crippen LogP) is 6.05. The molecule has 144 valence electrons. The monoisotopic (exact) mass is 384 g/mol. The minimum atomic E-state index is -0.248. The van der Waals surface area contributed by atoms with Crippen molar-refractivity contribution in [2.75, 3.05) is 0 Å². The Morgan fingerprint density at radius 1 is 1.03 bits per heavy atom. The molecule has 0 amide bonds. The maximum absolute atomic E-state index is 13.4. The summed E-state index contributed by atoms with van der Waals surface area (Å²) in [6.45, 7) is 3.62. The highest BCUT2D eigenvalue weighted by atomic mass is 19.1. The van der Waals surface area contributed by atoms with Gasteiger partial charge in [0.2, 0.25) is 0 Å². The lowest BCUT2D eigenvalue weighted by atomic mass is 10.1. The van der Waals surface area contributed by atoms with Crippen LogP contribution in [0.25, 0.3) is 28.5 Å². The number of para-hydroxylation sites is 2. The third kappa shape index (κ3) is 3.87. The van der Waals surface area contributed by atoms with Crippen LogP contribution in [0.1, 0.15) is 31.0 Å². The highest BCUT2D eigenvalue weighted by Crippen LogP contribution is 2.32. The quantitative estimate of drug-likeness (QED) is 0.392. The second-order valence-electron chi connectivity index (χ2n) is 7.09. The first-order valence-electron chi connectivity index (χ1n) is 9.54. The van der Waals surface area contributed by atoms with Crippen molar-refractivity contribution in [1.29, 1.82) is 0 Å². The van der Waals surface area contributed by atoms with E-state index in [-0.39, 0.29) is 17.6 Å². The van der Waals surface area contributed by atoms with Gasteiger partial charge in [-0.05, 0) is 61.4 Å². The number of carbonyl (C=O) groups is 1. The van der Waals surface area contributed by atoms with E-state index in [0.717, 1.165) is 33.5 Å². The topological polar surface area (TPSA) is 34.9 Å². The van der Waals surface area contributed by atoms with E-state index in [4.69, 9.17) is 4.98 Å². The van der Waals surface area contributed by atoms with Crippen molar-refractivity contribution in [3.63, 3.8) is 0 Å². The second-order valence-corrected chi connectivity index (χ2v) is 7.09. The van der Waals surface area contributed by atoms with Gasteiger partial charge in [-0.3, -0.25) is 4.79 Å². The van der Waals surface area contributed by atoms with Gasteiger partial charge in [0.25, 0.3) is 0 Å². The fourth-order valence-corrected chi connectivity index (χ4v) is 3.53. The SMILES string of the molecule is CC(=O)/C=C/c1cccc(-c2nc3ccccc3n2[C@H](C)c2ccc(F)cc2)c1. The molecule has 0 bridgehead atoms. The number of hydrogen-bond donors (Lipinski definition) is 0. The molecular weight excluding hydrogens is 363 g/mol. The summed E-state index contributed by atoms with van der Waals surface area (Å²) in [6.07, 6.45) is 3.37. The zero-order valence-electron chi connectivity index (χ0n) is 16.3. The Hall–Kier alpha value is -3.53. The van der Waals surface area contributed by atoms with E-state index in [1.807, 2.05) is 66.7 Å². The largest absolute Gasteiger partial charge is 0.317 e. The first-order valence-corrected chi connectivity index (χ1v) is 9.54. The van der Waals surface area contributed by atoms with Gasteiger partial charge >= 0.3 is 0 Å². The molecule has 0 spiro atoms. The van der Waals surface area contributed by atoms with Gasteiger partial charge in [-0.1, -0.05) is 48.5 Å². The summed E-state index contributed by atoms with van der Waals surface area (Å²) < 4.78 is 15.6. The lowest BCUT2D eigenvalue weighted by molar-refractivity contribution is -0.112. The fraction of sp³-hybridized carbons (Fsp3) is 0.120. The highest BCUT2D eigenvalue weighted by molar-refractivity contribution is 5.91. The van der Waals surface area contributed by atoms with E-state index in [0.29, 0.717) is 0 Å². The molecule has 0 N–H and O–H groups in total. The van der Waals surface area contributed by atoms with Gasteiger partial charge in [-0.25, -0.2) is 9.37 Å². The first kappa shape index (κ1) is 18.8. The van der Waals surface area contributed by atoms with Gasteiger partial charge in [-0.15, -0.1) is 0 Å². The number of fused-ring (bicyclic) bond motifs is 1. The minimum Gasteiger partial charge on any atom is -0.317 e. The normalized spacial score (nSPS) is 12.5. The lowest BCUT2D eigenvalue weighted by Crippen LogP contribution is -2.08. The van der Waals surface area contributed by atoms with Crippen molar-refractivity contribution < 1.29 is 9.18 Å². The molecule has 0 radical (unpaired) electrons. The van der Waals surface area contributed by atoms with Crippen molar-refractivity contribution in [3.05, 3.63) is 95.8 Å². The molecule has 0 unspecified atom stereocenters. The highest BCUT2D eigenvalue weighted by Gasteiger charge is 2.18. The average molecular weight is 384 g/mol. The van der Waals surface area contributed by atoms with Crippen molar-refractivity contribution in [2.45, 2.75) is 19.9 Å². The Kier molecular flexibility index (Phi) is 5.09. The van der Waals surface area contributed by atoms with Crippen molar-refractivity contribution in [2.24, 2.45) is 0 Å². The van der Waals surface area contributed by atoms with E-state index in [2.05, 4.69) is 11.5 Å². The number of benzene rings is 3. The standard InChI is InChI=1S/C25H21FN2O/c1-17(29)10-11-19-6-5-7-21(16-19)25-27-23-8-3-4-9-24(23)28(25)18(2)20-12-14-22(26)15-13-20/h3-16,18H,1-2H3/b11-10+/t18-/m1/s1. The van der Waals surface area contributed by atoms with Crippen molar-refractivity contribution >= 4 is 22.9 Å². The molecule has 0 aliphatic rings. The number of aromatic nitrogens is 2. The number of imidazole rings is 1. The van der Waals surface area contributed by atoms with Crippen LogP contribution in [0.5, 0.6) is 0 Å². The molecule has 1 heterocycles. The maximum atomic E-state index is 13.4. The van der Waals surface area contributed by atoms with Crippen LogP contribution in [-0.2, 0) is 4.79 Å². The molecule has 29 heavy (non-hydrogen) atoms. The Balaban J connectivity index is 1.87. The summed E-state index contributed by atoms with van der Waals surface area (Å²) >= 11 is 0. The summed E-state index contributed by atoms with van der Waals surface area (Å²) in [5.74, 6) is 0.593. The Labute approximate surface area is 169 Å². The summed E-state index contributed by atoms with van der Waals surface area (Å²) in [5.41, 5.74) is 4.82. The molecule has 4 aromatic rings. The molecule has 0 saturated carbocycles. The van der Waals surface area contributed by atoms with Gasteiger partial charge in [0.15, 0.2) is 5.78 Å². The zero-order chi connectivity index (χ0) is 20.4. The summed E-state index contributed by atoms with van der Waals surface area (Å²) in [7, 11) is 0. The van der Waals surface area contributed by atoms with Gasteiger partial charge in [-0.2, -0.15) is 0 Å². The number of rotatable bonds is 5. The van der Waals surface area contributed by atoms with Crippen LogP contribution >= 0.6 is 0 Å². The van der Waals surface area contributed by atoms with Gasteiger partial charge in [0.05, 0.1) is 17.1 Å². The minimum absolute atomic E-state index is 0.00701. The predicted molar refractivity (Wildman–Crippen MR) is 115 cm³/mol. The number of halogens is 1. The van der Waals surface area contributed by atoms with Gasteiger partial charge < -0.3 is 4.57 Å². The second kappa shape index (κ2) is 7.84. The number of nitrogens with zero attached hydrogens (tertiary/aromatic N) is 2. The molecule has 1 atom stereocenters. The summed E-state index contributed by atoms with van der Waals surface area (Å²) in [6, 6.07) is 22.5. The smallest absolute Gasteiger partial charge is 0.152 e.